The van der Waals surface area contributed by atoms with Gasteiger partial charge in [0.1, 0.15) is 17.3 Å². The van der Waals surface area contributed by atoms with Gasteiger partial charge in [0.15, 0.2) is 0 Å². The zero-order valence-corrected chi connectivity index (χ0v) is 14.0. The molecule has 2 aromatic rings. The fourth-order valence-electron chi connectivity index (χ4n) is 1.75. The molecular weight excluding hydrogens is 358 g/mol. The molecule has 2 aromatic carbocycles. The molecule has 104 valence electrons. The highest BCUT2D eigenvalue weighted by atomic mass is 79.9. The molecule has 0 heterocycles. The molecule has 0 atom stereocenters. The first-order valence-corrected chi connectivity index (χ1v) is 7.52. The van der Waals surface area contributed by atoms with Crippen LogP contribution in [0.4, 0.5) is 0 Å². The van der Waals surface area contributed by atoms with Gasteiger partial charge >= 0.3 is 0 Å². The van der Waals surface area contributed by atoms with E-state index < -0.39 is 0 Å². The summed E-state index contributed by atoms with van der Waals surface area (Å²) < 4.78 is 6.82. The first-order valence-electron chi connectivity index (χ1n) is 5.94. The van der Waals surface area contributed by atoms with Crippen molar-refractivity contribution >= 4 is 44.7 Å². The van der Waals surface area contributed by atoms with Crippen molar-refractivity contribution in [2.75, 3.05) is 0 Å². The van der Waals surface area contributed by atoms with Crippen LogP contribution in [0.25, 0.3) is 0 Å². The predicted octanol–water partition coefficient (Wildman–Crippen LogP) is 4.62. The lowest BCUT2D eigenvalue weighted by Crippen LogP contribution is -2.09. The van der Waals surface area contributed by atoms with E-state index in [0.717, 1.165) is 26.9 Å². The Kier molecular flexibility index (Phi) is 5.02. The summed E-state index contributed by atoms with van der Waals surface area (Å²) in [5.41, 5.74) is 8.29. The molecule has 0 radical (unpaired) electrons. The largest absolute Gasteiger partial charge is 0.489 e. The summed E-state index contributed by atoms with van der Waals surface area (Å²) in [5, 5.41) is 0.602. The zero-order valence-electron chi connectivity index (χ0n) is 10.8. The first-order chi connectivity index (χ1) is 9.47. The van der Waals surface area contributed by atoms with Gasteiger partial charge in [0.2, 0.25) is 0 Å². The van der Waals surface area contributed by atoms with E-state index in [1.165, 1.54) is 0 Å². The number of halogens is 2. The Bertz CT molecular complexity index is 660. The fourth-order valence-corrected chi connectivity index (χ4v) is 2.59. The Morgan fingerprint density at radius 1 is 1.30 bits per heavy atom. The fraction of sp³-hybridized carbons (Fsp3) is 0.133. The van der Waals surface area contributed by atoms with Crippen LogP contribution in [-0.4, -0.2) is 4.99 Å². The quantitative estimate of drug-likeness (QED) is 0.797. The molecule has 0 unspecified atom stereocenters. The standard InChI is InChI=1S/C15H13BrClNOS/c1-9-6-12(16)4-5-14(9)19-8-11-3-2-10(15(18)20)7-13(11)17/h2-7H,8H2,1H3,(H2,18,20). The third-order valence-corrected chi connectivity index (χ3v) is 3.94. The Hall–Kier alpha value is -1.10. The Morgan fingerprint density at radius 3 is 2.65 bits per heavy atom. The molecular formula is C15H13BrClNOS. The second-order valence-corrected chi connectivity index (χ2v) is 6.13. The number of thiocarbonyl (C=S) groups is 1. The summed E-state index contributed by atoms with van der Waals surface area (Å²) >= 11 is 14.5. The number of ether oxygens (including phenoxy) is 1. The lowest BCUT2D eigenvalue weighted by atomic mass is 10.1. The van der Waals surface area contributed by atoms with E-state index in [1.807, 2.05) is 37.3 Å². The lowest BCUT2D eigenvalue weighted by molar-refractivity contribution is 0.304. The third-order valence-electron chi connectivity index (χ3n) is 2.86. The van der Waals surface area contributed by atoms with Crippen LogP contribution in [-0.2, 0) is 6.61 Å². The predicted molar refractivity (Wildman–Crippen MR) is 90.6 cm³/mol. The molecule has 0 spiro atoms. The highest BCUT2D eigenvalue weighted by molar-refractivity contribution is 9.10. The molecule has 5 heteroatoms. The number of nitrogens with two attached hydrogens (primary N) is 1. The van der Waals surface area contributed by atoms with Gasteiger partial charge in [0.25, 0.3) is 0 Å². The third kappa shape index (κ3) is 3.72. The molecule has 0 amide bonds. The maximum absolute atomic E-state index is 6.20. The highest BCUT2D eigenvalue weighted by Crippen LogP contribution is 2.25. The van der Waals surface area contributed by atoms with Gasteiger partial charge in [-0.2, -0.15) is 0 Å². The van der Waals surface area contributed by atoms with Crippen molar-refractivity contribution in [3.05, 3.63) is 62.6 Å². The minimum Gasteiger partial charge on any atom is -0.489 e. The van der Waals surface area contributed by atoms with Gasteiger partial charge in [0, 0.05) is 20.6 Å². The van der Waals surface area contributed by atoms with Gasteiger partial charge in [0.05, 0.1) is 0 Å². The van der Waals surface area contributed by atoms with Gasteiger partial charge in [-0.25, -0.2) is 0 Å². The molecule has 0 aliphatic rings. The SMILES string of the molecule is Cc1cc(Br)ccc1OCc1ccc(C(N)=S)cc1Cl. The summed E-state index contributed by atoms with van der Waals surface area (Å²) in [4.78, 5) is 0.336. The van der Waals surface area contributed by atoms with Crippen molar-refractivity contribution in [2.45, 2.75) is 13.5 Å². The van der Waals surface area contributed by atoms with E-state index in [-0.39, 0.29) is 0 Å². The minimum atomic E-state index is 0.336. The minimum absolute atomic E-state index is 0.336. The summed E-state index contributed by atoms with van der Waals surface area (Å²) in [6.07, 6.45) is 0. The molecule has 0 bridgehead atoms. The maximum Gasteiger partial charge on any atom is 0.122 e. The Morgan fingerprint density at radius 2 is 2.05 bits per heavy atom. The average Bonchev–Trinajstić information content (AvgIpc) is 2.38. The van der Waals surface area contributed by atoms with Crippen molar-refractivity contribution in [3.8, 4) is 5.75 Å². The summed E-state index contributed by atoms with van der Waals surface area (Å²) in [7, 11) is 0. The van der Waals surface area contributed by atoms with E-state index in [9.17, 15) is 0 Å². The normalized spacial score (nSPS) is 10.3. The van der Waals surface area contributed by atoms with E-state index in [4.69, 9.17) is 34.3 Å². The van der Waals surface area contributed by atoms with E-state index in [1.54, 1.807) is 6.07 Å². The van der Waals surface area contributed by atoms with Gasteiger partial charge in [-0.15, -0.1) is 0 Å². The van der Waals surface area contributed by atoms with Crippen LogP contribution in [0.2, 0.25) is 5.02 Å². The number of hydrogen-bond acceptors (Lipinski definition) is 2. The zero-order chi connectivity index (χ0) is 14.7. The van der Waals surface area contributed by atoms with Crippen LogP contribution < -0.4 is 10.5 Å². The molecule has 0 aliphatic carbocycles. The van der Waals surface area contributed by atoms with Crippen LogP contribution in [0.3, 0.4) is 0 Å². The Balaban J connectivity index is 2.13. The Labute approximate surface area is 137 Å². The smallest absolute Gasteiger partial charge is 0.122 e. The van der Waals surface area contributed by atoms with Crippen LogP contribution in [0.1, 0.15) is 16.7 Å². The van der Waals surface area contributed by atoms with Crippen molar-refractivity contribution in [1.29, 1.82) is 0 Å². The number of rotatable bonds is 4. The van der Waals surface area contributed by atoms with Crippen molar-refractivity contribution in [3.63, 3.8) is 0 Å². The molecule has 2 rings (SSSR count). The van der Waals surface area contributed by atoms with Gasteiger partial charge < -0.3 is 10.5 Å². The second-order valence-electron chi connectivity index (χ2n) is 4.37. The summed E-state index contributed by atoms with van der Waals surface area (Å²) in [6.45, 7) is 2.40. The van der Waals surface area contributed by atoms with E-state index in [2.05, 4.69) is 15.9 Å². The van der Waals surface area contributed by atoms with Crippen molar-refractivity contribution in [2.24, 2.45) is 5.73 Å². The molecule has 0 aromatic heterocycles. The molecule has 0 saturated carbocycles. The van der Waals surface area contributed by atoms with E-state index >= 15 is 0 Å². The van der Waals surface area contributed by atoms with Crippen molar-refractivity contribution in [1.82, 2.24) is 0 Å². The summed E-state index contributed by atoms with van der Waals surface area (Å²) in [5.74, 6) is 0.836. The first kappa shape index (κ1) is 15.3. The monoisotopic (exact) mass is 369 g/mol. The van der Waals surface area contributed by atoms with Gasteiger partial charge in [-0.1, -0.05) is 51.9 Å². The molecule has 2 N–H and O–H groups in total. The molecule has 2 nitrogen and oxygen atoms in total. The van der Waals surface area contributed by atoms with Crippen LogP contribution in [0.15, 0.2) is 40.9 Å². The van der Waals surface area contributed by atoms with Gasteiger partial charge in [-0.05, 0) is 36.8 Å². The van der Waals surface area contributed by atoms with Crippen molar-refractivity contribution < 1.29 is 4.74 Å². The number of hydrogen-bond donors (Lipinski definition) is 1. The van der Waals surface area contributed by atoms with Crippen LogP contribution in [0, 0.1) is 6.92 Å². The highest BCUT2D eigenvalue weighted by Gasteiger charge is 2.06. The van der Waals surface area contributed by atoms with Crippen LogP contribution >= 0.6 is 39.7 Å². The summed E-state index contributed by atoms with van der Waals surface area (Å²) in [6, 6.07) is 11.4. The number of aryl methyl sites for hydroxylation is 1. The van der Waals surface area contributed by atoms with Crippen LogP contribution in [0.5, 0.6) is 5.75 Å². The lowest BCUT2D eigenvalue weighted by Gasteiger charge is -2.11. The maximum atomic E-state index is 6.20. The topological polar surface area (TPSA) is 35.2 Å². The molecule has 0 aliphatic heterocycles. The molecule has 0 saturated heterocycles. The van der Waals surface area contributed by atoms with E-state index in [0.29, 0.717) is 16.6 Å². The molecule has 20 heavy (non-hydrogen) atoms. The van der Waals surface area contributed by atoms with Gasteiger partial charge in [-0.3, -0.25) is 0 Å². The molecule has 0 fully saturated rings. The average molecular weight is 371 g/mol. The second kappa shape index (κ2) is 6.57. The number of benzene rings is 2.